The zero-order chi connectivity index (χ0) is 13.1. The lowest BCUT2D eigenvalue weighted by Gasteiger charge is -2.22. The maximum atomic E-state index is 12.0. The molecule has 0 aromatic heterocycles. The van der Waals surface area contributed by atoms with Crippen molar-refractivity contribution in [1.29, 1.82) is 0 Å². The Balaban J connectivity index is 2.15. The van der Waals surface area contributed by atoms with E-state index in [-0.39, 0.29) is 22.4 Å². The molecule has 18 heavy (non-hydrogen) atoms. The fourth-order valence-electron chi connectivity index (χ4n) is 1.78. The van der Waals surface area contributed by atoms with E-state index in [9.17, 15) is 4.79 Å². The second-order valence-electron chi connectivity index (χ2n) is 4.03. The van der Waals surface area contributed by atoms with Crippen molar-refractivity contribution in [3.8, 4) is 0 Å². The van der Waals surface area contributed by atoms with E-state index in [1.165, 1.54) is 6.07 Å². The van der Waals surface area contributed by atoms with Gasteiger partial charge in [-0.1, -0.05) is 23.2 Å². The van der Waals surface area contributed by atoms with Crippen molar-refractivity contribution in [2.45, 2.75) is 18.9 Å². The summed E-state index contributed by atoms with van der Waals surface area (Å²) >= 11 is 11.8. The highest BCUT2D eigenvalue weighted by molar-refractivity contribution is 6.38. The number of anilines is 1. The van der Waals surface area contributed by atoms with Gasteiger partial charge in [-0.15, -0.1) is 0 Å². The summed E-state index contributed by atoms with van der Waals surface area (Å²) < 4.78 is 10.5. The summed E-state index contributed by atoms with van der Waals surface area (Å²) in [5.41, 5.74) is 6.04. The van der Waals surface area contributed by atoms with E-state index in [4.69, 9.17) is 38.4 Å². The molecule has 1 aromatic carbocycles. The highest BCUT2D eigenvalue weighted by atomic mass is 35.5. The molecule has 1 fully saturated rings. The molecule has 0 amide bonds. The molecule has 0 spiro atoms. The minimum Gasteiger partial charge on any atom is -0.459 e. The highest BCUT2D eigenvalue weighted by Crippen LogP contribution is 2.30. The number of nitrogens with two attached hydrogens (primary N) is 1. The van der Waals surface area contributed by atoms with Crippen LogP contribution < -0.4 is 5.73 Å². The van der Waals surface area contributed by atoms with Crippen LogP contribution in [-0.2, 0) is 9.47 Å². The molecule has 0 atom stereocenters. The van der Waals surface area contributed by atoms with Gasteiger partial charge in [0.1, 0.15) is 11.7 Å². The topological polar surface area (TPSA) is 61.6 Å². The average Bonchev–Trinajstić information content (AvgIpc) is 2.36. The quantitative estimate of drug-likeness (QED) is 0.672. The molecule has 4 nitrogen and oxygen atoms in total. The van der Waals surface area contributed by atoms with Gasteiger partial charge in [0.05, 0.1) is 28.9 Å². The van der Waals surface area contributed by atoms with Gasteiger partial charge in [-0.25, -0.2) is 4.79 Å². The largest absolute Gasteiger partial charge is 0.459 e. The van der Waals surface area contributed by atoms with Crippen LogP contribution in [0.25, 0.3) is 0 Å². The van der Waals surface area contributed by atoms with Crippen LogP contribution >= 0.6 is 23.2 Å². The molecule has 98 valence electrons. The van der Waals surface area contributed by atoms with E-state index in [1.54, 1.807) is 6.07 Å². The highest BCUT2D eigenvalue weighted by Gasteiger charge is 2.23. The maximum Gasteiger partial charge on any atom is 0.342 e. The van der Waals surface area contributed by atoms with Crippen LogP contribution in [0.5, 0.6) is 0 Å². The van der Waals surface area contributed by atoms with Crippen molar-refractivity contribution in [1.82, 2.24) is 0 Å². The van der Waals surface area contributed by atoms with Crippen LogP contribution in [0.3, 0.4) is 0 Å². The second kappa shape index (κ2) is 5.78. The minimum atomic E-state index is -0.535. The van der Waals surface area contributed by atoms with Crippen LogP contribution in [0.1, 0.15) is 23.2 Å². The molecular weight excluding hydrogens is 277 g/mol. The number of benzene rings is 1. The van der Waals surface area contributed by atoms with Crippen molar-refractivity contribution in [3.05, 3.63) is 27.7 Å². The molecule has 0 unspecified atom stereocenters. The third-order valence-electron chi connectivity index (χ3n) is 2.79. The lowest BCUT2D eigenvalue weighted by molar-refractivity contribution is -0.0158. The van der Waals surface area contributed by atoms with Crippen molar-refractivity contribution < 1.29 is 14.3 Å². The van der Waals surface area contributed by atoms with Gasteiger partial charge in [0.2, 0.25) is 0 Å². The number of hydrogen-bond acceptors (Lipinski definition) is 4. The number of carbonyl (C=O) groups excluding carboxylic acids is 1. The van der Waals surface area contributed by atoms with Crippen LogP contribution in [0.2, 0.25) is 10.0 Å². The van der Waals surface area contributed by atoms with E-state index < -0.39 is 5.97 Å². The Hall–Kier alpha value is -0.970. The third-order valence-corrected chi connectivity index (χ3v) is 3.43. The lowest BCUT2D eigenvalue weighted by atomic mass is 10.1. The number of ether oxygens (including phenoxy) is 2. The summed E-state index contributed by atoms with van der Waals surface area (Å²) in [6.07, 6.45) is 1.22. The van der Waals surface area contributed by atoms with Gasteiger partial charge in [0.15, 0.2) is 0 Å². The summed E-state index contributed by atoms with van der Waals surface area (Å²) in [5, 5.41) is 0.535. The van der Waals surface area contributed by atoms with Crippen LogP contribution in [0.15, 0.2) is 12.1 Å². The number of hydrogen-bond donors (Lipinski definition) is 1. The number of nitrogen functional groups attached to an aromatic ring is 1. The number of carbonyl (C=O) groups is 1. The van der Waals surface area contributed by atoms with Gasteiger partial charge in [-0.3, -0.25) is 0 Å². The number of esters is 1. The predicted octanol–water partition coefficient (Wildman–Crippen LogP) is 2.91. The molecule has 0 saturated carbocycles. The van der Waals surface area contributed by atoms with E-state index in [0.717, 1.165) is 0 Å². The summed E-state index contributed by atoms with van der Waals surface area (Å²) in [7, 11) is 0. The first-order chi connectivity index (χ1) is 8.59. The first-order valence-corrected chi connectivity index (χ1v) is 6.37. The van der Waals surface area contributed by atoms with Crippen molar-refractivity contribution >= 4 is 34.9 Å². The van der Waals surface area contributed by atoms with Gasteiger partial charge in [0, 0.05) is 12.8 Å². The summed E-state index contributed by atoms with van der Waals surface area (Å²) in [4.78, 5) is 12.0. The van der Waals surface area contributed by atoms with Gasteiger partial charge in [0.25, 0.3) is 0 Å². The van der Waals surface area contributed by atoms with Gasteiger partial charge in [-0.05, 0) is 12.1 Å². The molecule has 6 heteroatoms. The average molecular weight is 290 g/mol. The third kappa shape index (κ3) is 2.88. The van der Waals surface area contributed by atoms with Gasteiger partial charge < -0.3 is 15.2 Å². The summed E-state index contributed by atoms with van der Waals surface area (Å²) in [6.45, 7) is 1.19. The van der Waals surface area contributed by atoms with Crippen LogP contribution in [0, 0.1) is 0 Å². The van der Waals surface area contributed by atoms with E-state index >= 15 is 0 Å². The summed E-state index contributed by atoms with van der Waals surface area (Å²) in [5.74, 6) is -0.535. The van der Waals surface area contributed by atoms with Gasteiger partial charge >= 0.3 is 5.97 Å². The molecule has 0 bridgehead atoms. The zero-order valence-corrected chi connectivity index (χ0v) is 11.1. The molecule has 0 radical (unpaired) electrons. The van der Waals surface area contributed by atoms with E-state index in [1.807, 2.05) is 0 Å². The van der Waals surface area contributed by atoms with Crippen molar-refractivity contribution in [2.75, 3.05) is 18.9 Å². The predicted molar refractivity (Wildman–Crippen MR) is 70.1 cm³/mol. The SMILES string of the molecule is Nc1c(Cl)ccc(Cl)c1C(=O)OC1CCOCC1. The second-order valence-corrected chi connectivity index (χ2v) is 4.85. The Kier molecular flexibility index (Phi) is 4.32. The Labute approximate surface area is 115 Å². The summed E-state index contributed by atoms with van der Waals surface area (Å²) in [6, 6.07) is 3.07. The fourth-order valence-corrected chi connectivity index (χ4v) is 2.18. The van der Waals surface area contributed by atoms with Crippen LogP contribution in [0.4, 0.5) is 5.69 Å². The lowest BCUT2D eigenvalue weighted by Crippen LogP contribution is -2.26. The molecule has 1 aromatic rings. The molecule has 1 aliphatic heterocycles. The van der Waals surface area contributed by atoms with E-state index in [0.29, 0.717) is 31.1 Å². The Morgan fingerprint density at radius 3 is 2.56 bits per heavy atom. The van der Waals surface area contributed by atoms with E-state index in [2.05, 4.69) is 0 Å². The zero-order valence-electron chi connectivity index (χ0n) is 9.62. The smallest absolute Gasteiger partial charge is 0.342 e. The normalized spacial score (nSPS) is 16.6. The Morgan fingerprint density at radius 2 is 1.89 bits per heavy atom. The minimum absolute atomic E-state index is 0.135. The molecule has 1 saturated heterocycles. The standard InChI is InChI=1S/C12H13Cl2NO3/c13-8-1-2-9(14)11(15)10(8)12(16)18-7-3-5-17-6-4-7/h1-2,7H,3-6,15H2. The first kappa shape index (κ1) is 13.5. The number of rotatable bonds is 2. The van der Waals surface area contributed by atoms with Gasteiger partial charge in [-0.2, -0.15) is 0 Å². The molecular formula is C12H13Cl2NO3. The Bertz CT molecular complexity index is 459. The molecule has 1 aliphatic rings. The molecule has 0 aliphatic carbocycles. The van der Waals surface area contributed by atoms with Crippen molar-refractivity contribution in [2.24, 2.45) is 0 Å². The molecule has 2 rings (SSSR count). The monoisotopic (exact) mass is 289 g/mol. The molecule has 2 N–H and O–H groups in total. The Morgan fingerprint density at radius 1 is 1.28 bits per heavy atom. The van der Waals surface area contributed by atoms with Crippen LogP contribution in [-0.4, -0.2) is 25.3 Å². The maximum absolute atomic E-state index is 12.0. The number of halogens is 2. The first-order valence-electron chi connectivity index (χ1n) is 5.62. The molecule has 1 heterocycles. The van der Waals surface area contributed by atoms with Crippen molar-refractivity contribution in [3.63, 3.8) is 0 Å². The fraction of sp³-hybridized carbons (Fsp3) is 0.417.